The van der Waals surface area contributed by atoms with Crippen molar-refractivity contribution in [2.75, 3.05) is 26.4 Å². The average Bonchev–Trinajstić information content (AvgIpc) is 3.50. The van der Waals surface area contributed by atoms with Crippen molar-refractivity contribution < 1.29 is 28.6 Å². The molecule has 1 aliphatic rings. The van der Waals surface area contributed by atoms with E-state index < -0.39 is 23.7 Å². The van der Waals surface area contributed by atoms with Gasteiger partial charge >= 0.3 is 12.1 Å². The van der Waals surface area contributed by atoms with Crippen molar-refractivity contribution in [2.45, 2.75) is 64.5 Å². The first-order valence-electron chi connectivity index (χ1n) is 14.0. The Labute approximate surface area is 236 Å². The number of benzene rings is 2. The summed E-state index contributed by atoms with van der Waals surface area (Å²) in [4.78, 5) is 41.2. The van der Waals surface area contributed by atoms with E-state index in [2.05, 4.69) is 0 Å². The average molecular weight is 549 g/mol. The van der Waals surface area contributed by atoms with Crippen LogP contribution in [-0.2, 0) is 32.5 Å². The zero-order chi connectivity index (χ0) is 28.9. The summed E-state index contributed by atoms with van der Waals surface area (Å²) in [6.45, 7) is 9.33. The summed E-state index contributed by atoms with van der Waals surface area (Å²) < 4.78 is 18.2. The van der Waals surface area contributed by atoms with Crippen molar-refractivity contribution in [1.29, 1.82) is 0 Å². The normalized spacial score (nSPS) is 17.3. The van der Waals surface area contributed by atoms with Crippen molar-refractivity contribution in [3.63, 3.8) is 0 Å². The van der Waals surface area contributed by atoms with Crippen LogP contribution in [0.25, 0.3) is 10.9 Å². The molecule has 214 valence electrons. The lowest BCUT2D eigenvalue weighted by atomic mass is 9.87. The van der Waals surface area contributed by atoms with Crippen molar-refractivity contribution >= 4 is 28.7 Å². The van der Waals surface area contributed by atoms with Crippen LogP contribution in [-0.4, -0.2) is 65.3 Å². The van der Waals surface area contributed by atoms with Gasteiger partial charge in [0.25, 0.3) is 0 Å². The zero-order valence-electron chi connectivity index (χ0n) is 24.1. The fourth-order valence-electron chi connectivity index (χ4n) is 5.32. The van der Waals surface area contributed by atoms with Gasteiger partial charge in [-0.1, -0.05) is 36.4 Å². The van der Waals surface area contributed by atoms with Gasteiger partial charge in [0.05, 0.1) is 6.61 Å². The summed E-state index contributed by atoms with van der Waals surface area (Å²) in [6.07, 6.45) is 1.02. The molecule has 1 amide bonds. The number of carbonyl (C=O) groups is 3. The highest BCUT2D eigenvalue weighted by Gasteiger charge is 2.43. The number of hydrogen-bond donors (Lipinski definition) is 0. The van der Waals surface area contributed by atoms with Crippen molar-refractivity contribution in [3.8, 4) is 0 Å². The van der Waals surface area contributed by atoms with Crippen LogP contribution in [0.15, 0.2) is 54.6 Å². The fourth-order valence-corrected chi connectivity index (χ4v) is 5.32. The van der Waals surface area contributed by atoms with E-state index in [1.54, 1.807) is 15.5 Å². The number of Topliss-reactive ketones (excluding diaryl/α,β-unsaturated/α-hetero) is 1. The second-order valence-electron chi connectivity index (χ2n) is 11.2. The number of ether oxygens (including phenoxy) is 3. The molecule has 2 heterocycles. The number of aromatic nitrogens is 1. The van der Waals surface area contributed by atoms with Gasteiger partial charge in [0.2, 0.25) is 0 Å². The zero-order valence-corrected chi connectivity index (χ0v) is 24.1. The predicted octanol–water partition coefficient (Wildman–Crippen LogP) is 5.67. The van der Waals surface area contributed by atoms with Gasteiger partial charge in [0, 0.05) is 56.5 Å². The van der Waals surface area contributed by atoms with Gasteiger partial charge in [-0.3, -0.25) is 9.69 Å². The number of aryl methyl sites for hydroxylation is 1. The number of carbonyl (C=O) groups excluding carboxylic acids is 3. The van der Waals surface area contributed by atoms with Crippen LogP contribution in [0.3, 0.4) is 0 Å². The molecule has 0 bridgehead atoms. The Hall–Kier alpha value is -3.65. The first kappa shape index (κ1) is 29.3. The molecular weight excluding hydrogens is 508 g/mol. The maximum atomic E-state index is 13.8. The van der Waals surface area contributed by atoms with Gasteiger partial charge in [-0.2, -0.15) is 0 Å². The molecule has 0 N–H and O–H groups in total. The lowest BCUT2D eigenvalue weighted by Crippen LogP contribution is -2.45. The van der Waals surface area contributed by atoms with E-state index >= 15 is 0 Å². The third-order valence-electron chi connectivity index (χ3n) is 7.15. The Bertz CT molecular complexity index is 1340. The SMILES string of the molecule is CCOCCCOC(=O)c1cc2cc(CC(=O)[C@@H]3[C@H](c4ccccc4)CCN3C(=O)OC(C)(C)C)ccc2n1C. The predicted molar refractivity (Wildman–Crippen MR) is 154 cm³/mol. The minimum atomic E-state index is -0.657. The van der Waals surface area contributed by atoms with Gasteiger partial charge < -0.3 is 18.8 Å². The summed E-state index contributed by atoms with van der Waals surface area (Å²) in [6, 6.07) is 16.8. The molecule has 0 aliphatic carbocycles. The maximum Gasteiger partial charge on any atom is 0.410 e. The van der Waals surface area contributed by atoms with Crippen LogP contribution in [0, 0.1) is 0 Å². The largest absolute Gasteiger partial charge is 0.461 e. The number of rotatable bonds is 10. The monoisotopic (exact) mass is 548 g/mol. The quantitative estimate of drug-likeness (QED) is 0.240. The molecular formula is C32H40N2O6. The summed E-state index contributed by atoms with van der Waals surface area (Å²) in [5.74, 6) is -0.537. The van der Waals surface area contributed by atoms with E-state index in [0.29, 0.717) is 38.3 Å². The molecule has 8 heteroatoms. The van der Waals surface area contributed by atoms with Crippen molar-refractivity contribution in [1.82, 2.24) is 9.47 Å². The number of esters is 1. The topological polar surface area (TPSA) is 87.1 Å². The lowest BCUT2D eigenvalue weighted by Gasteiger charge is -2.30. The highest BCUT2D eigenvalue weighted by molar-refractivity contribution is 5.96. The Kier molecular flexibility index (Phi) is 9.30. The first-order chi connectivity index (χ1) is 19.1. The molecule has 40 heavy (non-hydrogen) atoms. The second kappa shape index (κ2) is 12.7. The molecule has 3 aromatic rings. The lowest BCUT2D eigenvalue weighted by molar-refractivity contribution is -0.123. The highest BCUT2D eigenvalue weighted by atomic mass is 16.6. The van der Waals surface area contributed by atoms with Crippen LogP contribution in [0.2, 0.25) is 0 Å². The van der Waals surface area contributed by atoms with Crippen molar-refractivity contribution in [3.05, 3.63) is 71.4 Å². The van der Waals surface area contributed by atoms with E-state index in [-0.39, 0.29) is 24.7 Å². The Balaban J connectivity index is 1.53. The van der Waals surface area contributed by atoms with Crippen LogP contribution in [0.1, 0.15) is 68.1 Å². The van der Waals surface area contributed by atoms with Crippen LogP contribution < -0.4 is 0 Å². The summed E-state index contributed by atoms with van der Waals surface area (Å²) >= 11 is 0. The maximum absolute atomic E-state index is 13.8. The number of fused-ring (bicyclic) bond motifs is 1. The van der Waals surface area contributed by atoms with E-state index in [4.69, 9.17) is 14.2 Å². The van der Waals surface area contributed by atoms with Crippen molar-refractivity contribution in [2.24, 2.45) is 7.05 Å². The molecule has 1 fully saturated rings. The van der Waals surface area contributed by atoms with Gasteiger partial charge in [-0.15, -0.1) is 0 Å². The van der Waals surface area contributed by atoms with Gasteiger partial charge in [0.1, 0.15) is 17.3 Å². The molecule has 1 aliphatic heterocycles. The smallest absolute Gasteiger partial charge is 0.410 e. The van der Waals surface area contributed by atoms with Gasteiger partial charge in [-0.05, 0) is 63.4 Å². The van der Waals surface area contributed by atoms with Gasteiger partial charge in [-0.25, -0.2) is 9.59 Å². The Morgan fingerprint density at radius 3 is 2.45 bits per heavy atom. The second-order valence-corrected chi connectivity index (χ2v) is 11.2. The molecule has 0 saturated carbocycles. The fraction of sp³-hybridized carbons (Fsp3) is 0.469. The summed E-state index contributed by atoms with van der Waals surface area (Å²) in [5, 5.41) is 0.851. The summed E-state index contributed by atoms with van der Waals surface area (Å²) in [7, 11) is 1.83. The third-order valence-corrected chi connectivity index (χ3v) is 7.15. The molecule has 0 radical (unpaired) electrons. The molecule has 4 rings (SSSR count). The van der Waals surface area contributed by atoms with E-state index in [0.717, 1.165) is 22.0 Å². The van der Waals surface area contributed by atoms with Crippen LogP contribution in [0.5, 0.6) is 0 Å². The van der Waals surface area contributed by atoms with Gasteiger partial charge in [0.15, 0.2) is 5.78 Å². The molecule has 2 aromatic carbocycles. The Morgan fingerprint density at radius 2 is 1.75 bits per heavy atom. The molecule has 1 aromatic heterocycles. The minimum Gasteiger partial charge on any atom is -0.461 e. The number of hydrogen-bond acceptors (Lipinski definition) is 6. The van der Waals surface area contributed by atoms with Crippen LogP contribution in [0.4, 0.5) is 4.79 Å². The standard InChI is InChI=1S/C32H40N2O6/c1-6-38-17-10-18-39-30(36)27-21-24-19-22(13-14-26(24)33(27)5)20-28(35)29-25(23-11-8-7-9-12-23)15-16-34(29)31(37)40-32(2,3)4/h7-9,11-14,19,21,25,29H,6,10,15-18,20H2,1-5H3/t25-,29-/m0/s1. The van der Waals surface area contributed by atoms with Crippen LogP contribution >= 0.6 is 0 Å². The molecule has 0 spiro atoms. The summed E-state index contributed by atoms with van der Waals surface area (Å²) in [5.41, 5.74) is 2.52. The number of nitrogens with zero attached hydrogens (tertiary/aromatic N) is 2. The third kappa shape index (κ3) is 6.91. The first-order valence-corrected chi connectivity index (χ1v) is 14.0. The molecule has 1 saturated heterocycles. The van der Waals surface area contributed by atoms with E-state index in [9.17, 15) is 14.4 Å². The van der Waals surface area contributed by atoms with E-state index in [1.165, 1.54) is 0 Å². The molecule has 8 nitrogen and oxygen atoms in total. The minimum absolute atomic E-state index is 0.0403. The highest BCUT2D eigenvalue weighted by Crippen LogP contribution is 2.36. The number of amides is 1. The van der Waals surface area contributed by atoms with E-state index in [1.807, 2.05) is 83.3 Å². The Morgan fingerprint density at radius 1 is 1.00 bits per heavy atom. The number of likely N-dealkylation sites (tertiary alicyclic amines) is 1. The number of ketones is 1. The molecule has 2 atom stereocenters. The molecule has 0 unspecified atom stereocenters.